The zero-order valence-corrected chi connectivity index (χ0v) is 13.3. The van der Waals surface area contributed by atoms with Crippen molar-refractivity contribution in [2.75, 3.05) is 0 Å². The summed E-state index contributed by atoms with van der Waals surface area (Å²) in [5, 5.41) is -7.19. The maximum Gasteiger partial charge on any atom is 0.460 e. The van der Waals surface area contributed by atoms with Gasteiger partial charge in [0, 0.05) is 0 Å². The van der Waals surface area contributed by atoms with E-state index < -0.39 is 55.9 Å². The summed E-state index contributed by atoms with van der Waals surface area (Å²) >= 11 is 0. The molecule has 0 aromatic heterocycles. The number of hydrogen-bond donors (Lipinski definition) is 2. The first-order valence-corrected chi connectivity index (χ1v) is 8.09. The Balaban J connectivity index is 6.26. The van der Waals surface area contributed by atoms with Crippen LogP contribution in [0.5, 0.6) is 0 Å². The lowest BCUT2D eigenvalue weighted by molar-refractivity contribution is -0.498. The summed E-state index contributed by atoms with van der Waals surface area (Å²) < 4.78 is 212. The van der Waals surface area contributed by atoms with E-state index in [-0.39, 0.29) is 0 Å². The second-order valence-corrected chi connectivity index (χ2v) is 6.79. The van der Waals surface area contributed by atoms with Crippen molar-refractivity contribution in [3.8, 4) is 0 Å². The highest BCUT2D eigenvalue weighted by atomic mass is 32.3. The van der Waals surface area contributed by atoms with Crippen molar-refractivity contribution in [3.63, 3.8) is 0 Å². The molecule has 0 aromatic carbocycles. The number of alkyl halides is 12. The van der Waals surface area contributed by atoms with Crippen LogP contribution in [0.2, 0.25) is 0 Å². The lowest BCUT2D eigenvalue weighted by Gasteiger charge is -2.36. The topological polar surface area (TPSA) is 127 Å². The molecule has 0 saturated heterocycles. The number of halogens is 12. The number of rotatable bonds is 9. The van der Waals surface area contributed by atoms with Gasteiger partial charge in [-0.15, -0.1) is 0 Å². The number of ether oxygens (including phenoxy) is 1. The normalized spacial score (nSPS) is 16.4. The van der Waals surface area contributed by atoms with Gasteiger partial charge in [-0.1, -0.05) is 0 Å². The third-order valence-corrected chi connectivity index (χ3v) is 3.56. The maximum absolute atomic E-state index is 13.0. The van der Waals surface area contributed by atoms with Gasteiger partial charge in [0.15, 0.2) is 0 Å². The van der Waals surface area contributed by atoms with Gasteiger partial charge >= 0.3 is 55.9 Å². The van der Waals surface area contributed by atoms with E-state index in [1.807, 2.05) is 0 Å². The smallest absolute Gasteiger partial charge is 0.281 e. The van der Waals surface area contributed by atoms with Gasteiger partial charge in [-0.05, 0) is 0 Å². The summed E-state index contributed by atoms with van der Waals surface area (Å²) in [6, 6.07) is 0. The Labute approximate surface area is 144 Å². The van der Waals surface area contributed by atoms with Crippen molar-refractivity contribution < 1.29 is 87.5 Å². The summed E-state index contributed by atoms with van der Waals surface area (Å²) in [4.78, 5) is 0. The van der Waals surface area contributed by atoms with Crippen molar-refractivity contribution in [2.24, 2.45) is 0 Å². The predicted molar refractivity (Wildman–Crippen MR) is 54.9 cm³/mol. The van der Waals surface area contributed by atoms with Crippen molar-refractivity contribution in [1.29, 1.82) is 0 Å². The van der Waals surface area contributed by atoms with Gasteiger partial charge in [0.25, 0.3) is 0 Å². The van der Waals surface area contributed by atoms with Crippen LogP contribution in [0.15, 0.2) is 0 Å². The monoisotopic (exact) mass is 494 g/mol. The minimum atomic E-state index is -8.03. The van der Waals surface area contributed by atoms with Crippen LogP contribution < -0.4 is 0 Å². The molecule has 0 heterocycles. The van der Waals surface area contributed by atoms with Crippen LogP contribution in [-0.4, -0.2) is 61.4 Å². The van der Waals surface area contributed by atoms with Crippen molar-refractivity contribution >= 4 is 20.5 Å². The van der Waals surface area contributed by atoms with E-state index in [0.29, 0.717) is 0 Å². The molecule has 2 N–H and O–H groups in total. The molecule has 28 heavy (non-hydrogen) atoms. The fourth-order valence-electron chi connectivity index (χ4n) is 0.985. The average Bonchev–Trinajstić information content (AvgIpc) is 2.31. The lowest BCUT2D eigenvalue weighted by atomic mass is 10.1. The molecule has 0 unspecified atom stereocenters. The first kappa shape index (κ1) is 26.9. The Morgan fingerprint density at radius 2 is 0.893 bits per heavy atom. The van der Waals surface area contributed by atoms with Gasteiger partial charge in [-0.3, -0.25) is 9.11 Å². The SMILES string of the molecule is O=S(=O)(O)OC(F)(F)C(F)(F)C(F)(F)C(F)(F)OC(F)(F)C(F)(F)S(=O)(=O)O. The lowest BCUT2D eigenvalue weighted by Crippen LogP contribution is -2.66. The third kappa shape index (κ3) is 4.55. The van der Waals surface area contributed by atoms with Gasteiger partial charge in [0.2, 0.25) is 0 Å². The van der Waals surface area contributed by atoms with Crippen molar-refractivity contribution in [1.82, 2.24) is 0 Å². The van der Waals surface area contributed by atoms with Gasteiger partial charge in [-0.2, -0.15) is 73.7 Å². The zero-order chi connectivity index (χ0) is 23.4. The van der Waals surface area contributed by atoms with Crippen LogP contribution >= 0.6 is 0 Å². The maximum atomic E-state index is 13.0. The number of hydrogen-bond acceptors (Lipinski definition) is 6. The Hall–Kier alpha value is -1.10. The summed E-state index contributed by atoms with van der Waals surface area (Å²) in [6.07, 6.45) is -22.6. The van der Waals surface area contributed by atoms with E-state index in [2.05, 4.69) is 0 Å². The largest absolute Gasteiger partial charge is 0.460 e. The second-order valence-electron chi connectivity index (χ2n) is 4.30. The molecule has 0 aliphatic heterocycles. The highest BCUT2D eigenvalue weighted by molar-refractivity contribution is 7.87. The van der Waals surface area contributed by atoms with Gasteiger partial charge in [0.1, 0.15) is 0 Å². The standard InChI is InChI=1S/C6H2F12O8S2/c7-1(8,2(9,10)4(13,14)26-28(22,23)24)3(11,12)25-5(15,16)6(17,18)27(19,20)21/h(H,19,20,21)(H,22,23,24). The molecule has 0 aliphatic carbocycles. The van der Waals surface area contributed by atoms with E-state index in [0.717, 1.165) is 0 Å². The first-order chi connectivity index (χ1) is 11.7. The predicted octanol–water partition coefficient (Wildman–Crippen LogP) is 2.35. The molecule has 0 fully saturated rings. The van der Waals surface area contributed by atoms with Crippen LogP contribution in [0, 0.1) is 0 Å². The Morgan fingerprint density at radius 3 is 1.18 bits per heavy atom. The fourth-order valence-corrected chi connectivity index (χ4v) is 1.70. The summed E-state index contributed by atoms with van der Waals surface area (Å²) in [7, 11) is -14.2. The minimum Gasteiger partial charge on any atom is -0.281 e. The van der Waals surface area contributed by atoms with E-state index in [4.69, 9.17) is 9.11 Å². The molecule has 0 atom stereocenters. The summed E-state index contributed by atoms with van der Waals surface area (Å²) in [6.45, 7) is 0. The van der Waals surface area contributed by atoms with Crippen molar-refractivity contribution in [2.45, 2.75) is 35.4 Å². The molecule has 0 saturated carbocycles. The molecular formula is C6H2F12O8S2. The Morgan fingerprint density at radius 1 is 0.571 bits per heavy atom. The average molecular weight is 494 g/mol. The van der Waals surface area contributed by atoms with Gasteiger partial charge < -0.3 is 0 Å². The third-order valence-electron chi connectivity index (χ3n) is 2.25. The van der Waals surface area contributed by atoms with Gasteiger partial charge in [0.05, 0.1) is 0 Å². The fraction of sp³-hybridized carbons (Fsp3) is 1.00. The second kappa shape index (κ2) is 6.72. The summed E-state index contributed by atoms with van der Waals surface area (Å²) in [5.41, 5.74) is 0. The molecule has 0 rings (SSSR count). The molecule has 170 valence electrons. The van der Waals surface area contributed by atoms with Crippen LogP contribution in [-0.2, 0) is 29.4 Å². The van der Waals surface area contributed by atoms with Crippen LogP contribution in [0.1, 0.15) is 0 Å². The molecular weight excluding hydrogens is 492 g/mol. The van der Waals surface area contributed by atoms with Crippen LogP contribution in [0.3, 0.4) is 0 Å². The van der Waals surface area contributed by atoms with Crippen LogP contribution in [0.25, 0.3) is 0 Å². The molecule has 0 aliphatic rings. The molecule has 0 radical (unpaired) electrons. The molecule has 22 heteroatoms. The summed E-state index contributed by atoms with van der Waals surface area (Å²) in [5.74, 6) is -15.9. The van der Waals surface area contributed by atoms with E-state index in [9.17, 15) is 69.5 Å². The zero-order valence-electron chi connectivity index (χ0n) is 11.7. The van der Waals surface area contributed by atoms with E-state index in [1.165, 1.54) is 4.74 Å². The van der Waals surface area contributed by atoms with Crippen LogP contribution in [0.4, 0.5) is 52.7 Å². The minimum absolute atomic E-state index is 1.31. The first-order valence-electron chi connectivity index (χ1n) is 5.28. The van der Waals surface area contributed by atoms with E-state index in [1.54, 1.807) is 4.18 Å². The van der Waals surface area contributed by atoms with Crippen molar-refractivity contribution in [3.05, 3.63) is 0 Å². The highest BCUT2D eigenvalue weighted by Crippen LogP contribution is 2.56. The Kier molecular flexibility index (Phi) is 6.45. The Bertz CT molecular complexity index is 802. The highest BCUT2D eigenvalue weighted by Gasteiger charge is 2.86. The van der Waals surface area contributed by atoms with E-state index >= 15 is 0 Å². The molecule has 0 aromatic rings. The molecule has 8 nitrogen and oxygen atoms in total. The van der Waals surface area contributed by atoms with Gasteiger partial charge in [-0.25, -0.2) is 4.74 Å². The quantitative estimate of drug-likeness (QED) is 0.370. The molecule has 0 spiro atoms. The molecule has 0 amide bonds. The molecule has 0 bridgehead atoms.